The van der Waals surface area contributed by atoms with Crippen molar-refractivity contribution in [1.82, 2.24) is 0 Å². The molecule has 0 saturated carbocycles. The Hall–Kier alpha value is -3.72. The molecule has 2 N–H and O–H groups in total. The predicted octanol–water partition coefficient (Wildman–Crippen LogP) is 4.30. The second-order valence-corrected chi connectivity index (χ2v) is 8.70. The van der Waals surface area contributed by atoms with E-state index in [0.29, 0.717) is 29.5 Å². The van der Waals surface area contributed by atoms with Gasteiger partial charge in [0, 0.05) is 11.4 Å². The summed E-state index contributed by atoms with van der Waals surface area (Å²) in [5.41, 5.74) is 0.731. The number of hydrogen-bond donors (Lipinski definition) is 2. The zero-order chi connectivity index (χ0) is 23.7. The Bertz CT molecular complexity index is 1160. The van der Waals surface area contributed by atoms with E-state index >= 15 is 0 Å². The minimum absolute atomic E-state index is 0.0136. The number of ether oxygens (including phenoxy) is 3. The van der Waals surface area contributed by atoms with Crippen molar-refractivity contribution in [3.8, 4) is 17.2 Å². The van der Waals surface area contributed by atoms with Gasteiger partial charge in [0.15, 0.2) is 6.61 Å². The van der Waals surface area contributed by atoms with Crippen LogP contribution in [0.3, 0.4) is 0 Å². The van der Waals surface area contributed by atoms with E-state index in [2.05, 4.69) is 10.0 Å². The molecule has 0 aromatic heterocycles. The molecule has 0 bridgehead atoms. The van der Waals surface area contributed by atoms with Crippen LogP contribution in [0.25, 0.3) is 0 Å². The van der Waals surface area contributed by atoms with Crippen molar-refractivity contribution >= 4 is 27.3 Å². The highest BCUT2D eigenvalue weighted by Gasteiger charge is 2.15. The van der Waals surface area contributed by atoms with Gasteiger partial charge in [-0.2, -0.15) is 0 Å². The average Bonchev–Trinajstić information content (AvgIpc) is 2.82. The molecule has 0 aliphatic carbocycles. The van der Waals surface area contributed by atoms with Crippen LogP contribution in [0.2, 0.25) is 0 Å². The molecule has 0 spiro atoms. The van der Waals surface area contributed by atoms with Crippen LogP contribution in [0.5, 0.6) is 17.2 Å². The number of nitrogens with one attached hydrogen (secondary N) is 2. The van der Waals surface area contributed by atoms with Gasteiger partial charge in [-0.3, -0.25) is 9.52 Å². The maximum Gasteiger partial charge on any atom is 0.262 e. The van der Waals surface area contributed by atoms with Gasteiger partial charge in [0.1, 0.15) is 17.2 Å². The molecule has 0 aliphatic rings. The first-order valence-corrected chi connectivity index (χ1v) is 11.8. The van der Waals surface area contributed by atoms with E-state index < -0.39 is 15.9 Å². The number of carbonyl (C=O) groups excluding carboxylic acids is 1. The third kappa shape index (κ3) is 7.15. The Kier molecular flexibility index (Phi) is 8.15. The molecule has 0 radical (unpaired) electrons. The molecule has 1 amide bonds. The first kappa shape index (κ1) is 23.9. The van der Waals surface area contributed by atoms with E-state index in [0.717, 1.165) is 12.2 Å². The summed E-state index contributed by atoms with van der Waals surface area (Å²) in [5.74, 6) is 1.45. The fourth-order valence-corrected chi connectivity index (χ4v) is 3.92. The van der Waals surface area contributed by atoms with Gasteiger partial charge in [-0.05, 0) is 73.2 Å². The number of carbonyl (C=O) groups is 1. The Labute approximate surface area is 193 Å². The summed E-state index contributed by atoms with van der Waals surface area (Å²) in [4.78, 5) is 12.3. The minimum atomic E-state index is -3.84. The van der Waals surface area contributed by atoms with Crippen molar-refractivity contribution in [2.45, 2.75) is 18.2 Å². The van der Waals surface area contributed by atoms with Gasteiger partial charge in [-0.1, -0.05) is 13.0 Å². The van der Waals surface area contributed by atoms with Crippen molar-refractivity contribution in [2.24, 2.45) is 0 Å². The number of rotatable bonds is 11. The zero-order valence-corrected chi connectivity index (χ0v) is 19.2. The number of amides is 1. The SMILES string of the molecule is CCCOc1ccc(OCC(=O)Nc2cccc(S(=O)(=O)Nc3ccc(OC)cc3)c2)cc1. The maximum absolute atomic E-state index is 12.7. The quantitative estimate of drug-likeness (QED) is 0.433. The van der Waals surface area contributed by atoms with E-state index in [4.69, 9.17) is 14.2 Å². The summed E-state index contributed by atoms with van der Waals surface area (Å²) in [6, 6.07) is 19.5. The summed E-state index contributed by atoms with van der Waals surface area (Å²) >= 11 is 0. The molecule has 174 valence electrons. The van der Waals surface area contributed by atoms with Gasteiger partial charge < -0.3 is 19.5 Å². The van der Waals surface area contributed by atoms with Crippen LogP contribution in [0.1, 0.15) is 13.3 Å². The summed E-state index contributed by atoms with van der Waals surface area (Å²) in [7, 11) is -2.31. The average molecular weight is 471 g/mol. The molecule has 0 aliphatic heterocycles. The van der Waals surface area contributed by atoms with Crippen molar-refractivity contribution in [2.75, 3.05) is 30.4 Å². The highest BCUT2D eigenvalue weighted by molar-refractivity contribution is 7.92. The van der Waals surface area contributed by atoms with Crippen LogP contribution in [0.4, 0.5) is 11.4 Å². The van der Waals surface area contributed by atoms with Crippen LogP contribution in [0.15, 0.2) is 77.7 Å². The van der Waals surface area contributed by atoms with Crippen molar-refractivity contribution < 1.29 is 27.4 Å². The molecule has 3 rings (SSSR count). The van der Waals surface area contributed by atoms with Gasteiger partial charge in [0.05, 0.1) is 18.6 Å². The minimum Gasteiger partial charge on any atom is -0.497 e. The van der Waals surface area contributed by atoms with Crippen molar-refractivity contribution in [3.63, 3.8) is 0 Å². The molecule has 8 nitrogen and oxygen atoms in total. The van der Waals surface area contributed by atoms with Crippen LogP contribution >= 0.6 is 0 Å². The third-order valence-corrected chi connectivity index (χ3v) is 5.82. The van der Waals surface area contributed by atoms with Crippen LogP contribution in [-0.4, -0.2) is 34.6 Å². The first-order chi connectivity index (χ1) is 15.9. The van der Waals surface area contributed by atoms with Crippen molar-refractivity contribution in [3.05, 3.63) is 72.8 Å². The normalized spacial score (nSPS) is 10.8. The van der Waals surface area contributed by atoms with E-state index in [1.54, 1.807) is 60.7 Å². The molecule has 0 saturated heterocycles. The van der Waals surface area contributed by atoms with Crippen LogP contribution < -0.4 is 24.2 Å². The molecular formula is C24H26N2O6S. The van der Waals surface area contributed by atoms with E-state index in [1.165, 1.54) is 19.2 Å². The molecular weight excluding hydrogens is 444 g/mol. The molecule has 9 heteroatoms. The Morgan fingerprint density at radius 3 is 2.12 bits per heavy atom. The number of anilines is 2. The fraction of sp³-hybridized carbons (Fsp3) is 0.208. The highest BCUT2D eigenvalue weighted by atomic mass is 32.2. The van der Waals surface area contributed by atoms with Crippen LogP contribution in [-0.2, 0) is 14.8 Å². The van der Waals surface area contributed by atoms with E-state index in [1.807, 2.05) is 6.92 Å². The van der Waals surface area contributed by atoms with Gasteiger partial charge in [0.25, 0.3) is 15.9 Å². The van der Waals surface area contributed by atoms with Crippen molar-refractivity contribution in [1.29, 1.82) is 0 Å². The largest absolute Gasteiger partial charge is 0.497 e. The van der Waals surface area contributed by atoms with Gasteiger partial charge in [-0.15, -0.1) is 0 Å². The summed E-state index contributed by atoms with van der Waals surface area (Å²) < 4.78 is 44.0. The van der Waals surface area contributed by atoms with Gasteiger partial charge in [-0.25, -0.2) is 8.42 Å². The topological polar surface area (TPSA) is 103 Å². The number of benzene rings is 3. The van der Waals surface area contributed by atoms with Gasteiger partial charge in [0.2, 0.25) is 0 Å². The highest BCUT2D eigenvalue weighted by Crippen LogP contribution is 2.22. The Balaban J connectivity index is 1.57. The summed E-state index contributed by atoms with van der Waals surface area (Å²) in [6.45, 7) is 2.43. The maximum atomic E-state index is 12.7. The molecule has 3 aromatic carbocycles. The smallest absolute Gasteiger partial charge is 0.262 e. The Morgan fingerprint density at radius 2 is 1.48 bits per heavy atom. The lowest BCUT2D eigenvalue weighted by molar-refractivity contribution is -0.118. The molecule has 0 heterocycles. The number of hydrogen-bond acceptors (Lipinski definition) is 6. The van der Waals surface area contributed by atoms with Gasteiger partial charge >= 0.3 is 0 Å². The third-order valence-electron chi connectivity index (χ3n) is 4.44. The number of methoxy groups -OCH3 is 1. The predicted molar refractivity (Wildman–Crippen MR) is 127 cm³/mol. The lowest BCUT2D eigenvalue weighted by Crippen LogP contribution is -2.20. The second kappa shape index (κ2) is 11.2. The molecule has 33 heavy (non-hydrogen) atoms. The lowest BCUT2D eigenvalue weighted by atomic mass is 10.3. The molecule has 0 fully saturated rings. The summed E-state index contributed by atoms with van der Waals surface area (Å²) in [5, 5.41) is 2.65. The first-order valence-electron chi connectivity index (χ1n) is 10.3. The fourth-order valence-electron chi connectivity index (χ4n) is 2.81. The summed E-state index contributed by atoms with van der Waals surface area (Å²) in [6.07, 6.45) is 0.915. The number of sulfonamides is 1. The molecule has 0 unspecified atom stereocenters. The van der Waals surface area contributed by atoms with E-state index in [9.17, 15) is 13.2 Å². The van der Waals surface area contributed by atoms with E-state index in [-0.39, 0.29) is 11.5 Å². The zero-order valence-electron chi connectivity index (χ0n) is 18.4. The van der Waals surface area contributed by atoms with Crippen LogP contribution in [0, 0.1) is 0 Å². The lowest BCUT2D eigenvalue weighted by Gasteiger charge is -2.11. The Morgan fingerprint density at radius 1 is 0.848 bits per heavy atom. The second-order valence-electron chi connectivity index (χ2n) is 7.02. The standard InChI is InChI=1S/C24H26N2O6S/c1-3-15-31-21-11-13-22(14-12-21)32-17-24(27)25-19-5-4-6-23(16-19)33(28,29)26-18-7-9-20(30-2)10-8-18/h4-14,16,26H,3,15,17H2,1-2H3,(H,25,27). The molecule has 0 atom stereocenters. The molecule has 3 aromatic rings. The monoisotopic (exact) mass is 470 g/mol.